The van der Waals surface area contributed by atoms with E-state index >= 15 is 0 Å². The largest absolute Gasteiger partial charge is 0.573 e. The monoisotopic (exact) mass is 340 g/mol. The molecule has 0 aliphatic heterocycles. The van der Waals surface area contributed by atoms with Gasteiger partial charge in [0.05, 0.1) is 11.4 Å². The molecule has 0 aliphatic rings. The Bertz CT molecular complexity index is 600. The van der Waals surface area contributed by atoms with E-state index in [2.05, 4.69) is 10.1 Å². The van der Waals surface area contributed by atoms with Gasteiger partial charge in [0, 0.05) is 6.54 Å². The second kappa shape index (κ2) is 7.45. The minimum absolute atomic E-state index is 0.273. The van der Waals surface area contributed by atoms with Crippen LogP contribution in [-0.4, -0.2) is 33.8 Å². The van der Waals surface area contributed by atoms with E-state index in [-0.39, 0.29) is 4.90 Å². The Kier molecular flexibility index (Phi) is 6.18. The molecule has 0 fully saturated rings. The summed E-state index contributed by atoms with van der Waals surface area (Å²) < 4.78 is 65.4. The van der Waals surface area contributed by atoms with Gasteiger partial charge >= 0.3 is 6.36 Å². The highest BCUT2D eigenvalue weighted by Gasteiger charge is 2.31. The Hall–Kier alpha value is -1.81. The van der Waals surface area contributed by atoms with Crippen LogP contribution in [0.15, 0.2) is 29.2 Å². The summed E-state index contributed by atoms with van der Waals surface area (Å²) in [7, 11) is -3.99. The van der Waals surface area contributed by atoms with Crippen LogP contribution in [0.1, 0.15) is 13.3 Å². The summed E-state index contributed by atoms with van der Waals surface area (Å²) in [5.41, 5.74) is 0. The van der Waals surface area contributed by atoms with E-state index in [4.69, 9.17) is 0 Å². The minimum atomic E-state index is -4.85. The van der Waals surface area contributed by atoms with Crippen LogP contribution in [0.3, 0.4) is 0 Å². The minimum Gasteiger partial charge on any atom is -0.406 e. The molecule has 0 spiro atoms. The van der Waals surface area contributed by atoms with Crippen molar-refractivity contribution < 1.29 is 31.1 Å². The lowest BCUT2D eigenvalue weighted by Crippen LogP contribution is -2.37. The standard InChI is InChI=1S/C12H15F3N2O4S/c1-2-7-16-11(18)8-17-22(19,20)10-5-3-9(4-6-10)21-12(13,14)15/h3-6,17H,2,7-8H2,1H3,(H,16,18). The molecule has 0 aliphatic carbocycles. The van der Waals surface area contributed by atoms with E-state index in [0.717, 1.165) is 24.3 Å². The molecule has 22 heavy (non-hydrogen) atoms. The average Bonchev–Trinajstić information content (AvgIpc) is 2.42. The molecule has 6 nitrogen and oxygen atoms in total. The van der Waals surface area contributed by atoms with Gasteiger partial charge < -0.3 is 10.1 Å². The highest BCUT2D eigenvalue weighted by molar-refractivity contribution is 7.89. The van der Waals surface area contributed by atoms with Gasteiger partial charge in [-0.15, -0.1) is 13.2 Å². The molecular weight excluding hydrogens is 325 g/mol. The zero-order chi connectivity index (χ0) is 16.8. The maximum Gasteiger partial charge on any atom is 0.573 e. The van der Waals surface area contributed by atoms with Gasteiger partial charge in [0.2, 0.25) is 15.9 Å². The molecule has 124 valence electrons. The van der Waals surface area contributed by atoms with Crippen molar-refractivity contribution in [3.8, 4) is 5.75 Å². The van der Waals surface area contributed by atoms with E-state index in [0.29, 0.717) is 13.0 Å². The Morgan fingerprint density at radius 1 is 1.23 bits per heavy atom. The summed E-state index contributed by atoms with van der Waals surface area (Å²) in [5.74, 6) is -1.03. The number of hydrogen-bond donors (Lipinski definition) is 2. The average molecular weight is 340 g/mol. The molecule has 1 amide bonds. The fourth-order valence-corrected chi connectivity index (χ4v) is 2.37. The molecular formula is C12H15F3N2O4S. The Morgan fingerprint density at radius 2 is 1.82 bits per heavy atom. The summed E-state index contributed by atoms with van der Waals surface area (Å²) in [5, 5.41) is 2.48. The lowest BCUT2D eigenvalue weighted by Gasteiger charge is -2.10. The van der Waals surface area contributed by atoms with Gasteiger partial charge in [0.25, 0.3) is 0 Å². The maximum atomic E-state index is 12.0. The van der Waals surface area contributed by atoms with Gasteiger partial charge in [-0.25, -0.2) is 13.1 Å². The normalized spacial score (nSPS) is 12.0. The van der Waals surface area contributed by atoms with Crippen molar-refractivity contribution >= 4 is 15.9 Å². The van der Waals surface area contributed by atoms with Crippen molar-refractivity contribution in [1.82, 2.24) is 10.0 Å². The zero-order valence-corrected chi connectivity index (χ0v) is 12.4. The molecule has 0 bridgehead atoms. The van der Waals surface area contributed by atoms with Crippen LogP contribution in [0.4, 0.5) is 13.2 Å². The van der Waals surface area contributed by atoms with E-state index in [9.17, 15) is 26.4 Å². The number of benzene rings is 1. The van der Waals surface area contributed by atoms with Crippen molar-refractivity contribution in [3.05, 3.63) is 24.3 Å². The highest BCUT2D eigenvalue weighted by atomic mass is 32.2. The molecule has 0 saturated carbocycles. The molecule has 0 aromatic heterocycles. The van der Waals surface area contributed by atoms with Crippen LogP contribution >= 0.6 is 0 Å². The Morgan fingerprint density at radius 3 is 2.32 bits per heavy atom. The highest BCUT2D eigenvalue weighted by Crippen LogP contribution is 2.23. The fourth-order valence-electron chi connectivity index (χ4n) is 1.39. The SMILES string of the molecule is CCCNC(=O)CNS(=O)(=O)c1ccc(OC(F)(F)F)cc1. The molecule has 10 heteroatoms. The van der Waals surface area contributed by atoms with Crippen LogP contribution in [0.5, 0.6) is 5.75 Å². The van der Waals surface area contributed by atoms with Crippen molar-refractivity contribution in [3.63, 3.8) is 0 Å². The predicted molar refractivity (Wildman–Crippen MR) is 71.6 cm³/mol. The first-order valence-electron chi connectivity index (χ1n) is 6.26. The van der Waals surface area contributed by atoms with Crippen LogP contribution in [0.25, 0.3) is 0 Å². The number of halogens is 3. The molecule has 1 rings (SSSR count). The summed E-state index contributed by atoms with van der Waals surface area (Å²) in [6, 6.07) is 3.65. The molecule has 2 N–H and O–H groups in total. The van der Waals surface area contributed by atoms with Crippen molar-refractivity contribution in [2.75, 3.05) is 13.1 Å². The molecule has 0 saturated heterocycles. The second-order valence-electron chi connectivity index (χ2n) is 4.19. The van der Waals surface area contributed by atoms with Gasteiger partial charge in [-0.2, -0.15) is 0 Å². The number of rotatable bonds is 7. The predicted octanol–water partition coefficient (Wildman–Crippen LogP) is 1.39. The van der Waals surface area contributed by atoms with Crippen LogP contribution in [0, 0.1) is 0 Å². The van der Waals surface area contributed by atoms with E-state index < -0.39 is 34.6 Å². The first-order chi connectivity index (χ1) is 10.1. The molecule has 0 radical (unpaired) electrons. The summed E-state index contributed by atoms with van der Waals surface area (Å²) >= 11 is 0. The zero-order valence-electron chi connectivity index (χ0n) is 11.6. The number of carbonyl (C=O) groups excluding carboxylic acids is 1. The molecule has 0 unspecified atom stereocenters. The second-order valence-corrected chi connectivity index (χ2v) is 5.96. The first-order valence-corrected chi connectivity index (χ1v) is 7.74. The van der Waals surface area contributed by atoms with E-state index in [1.165, 1.54) is 0 Å². The van der Waals surface area contributed by atoms with Crippen LogP contribution in [-0.2, 0) is 14.8 Å². The quantitative estimate of drug-likeness (QED) is 0.786. The van der Waals surface area contributed by atoms with Gasteiger partial charge in [0.15, 0.2) is 0 Å². The van der Waals surface area contributed by atoms with Crippen LogP contribution in [0.2, 0.25) is 0 Å². The summed E-state index contributed by atoms with van der Waals surface area (Å²) in [6.07, 6.45) is -4.14. The third-order valence-corrected chi connectivity index (χ3v) is 3.78. The number of amides is 1. The van der Waals surface area contributed by atoms with Gasteiger partial charge in [-0.05, 0) is 30.7 Å². The number of alkyl halides is 3. The smallest absolute Gasteiger partial charge is 0.406 e. The fraction of sp³-hybridized carbons (Fsp3) is 0.417. The van der Waals surface area contributed by atoms with Gasteiger partial charge in [-0.1, -0.05) is 6.92 Å². The Balaban J connectivity index is 2.67. The maximum absolute atomic E-state index is 12.0. The Labute approximate surface area is 125 Å². The van der Waals surface area contributed by atoms with Crippen molar-refractivity contribution in [1.29, 1.82) is 0 Å². The third-order valence-electron chi connectivity index (χ3n) is 2.36. The number of carbonyl (C=O) groups is 1. The van der Waals surface area contributed by atoms with Crippen molar-refractivity contribution in [2.24, 2.45) is 0 Å². The number of sulfonamides is 1. The first kappa shape index (κ1) is 18.2. The topological polar surface area (TPSA) is 84.5 Å². The number of ether oxygens (including phenoxy) is 1. The van der Waals surface area contributed by atoms with E-state index in [1.54, 1.807) is 0 Å². The molecule has 0 heterocycles. The number of nitrogens with one attached hydrogen (secondary N) is 2. The molecule has 1 aromatic rings. The van der Waals surface area contributed by atoms with Crippen molar-refractivity contribution in [2.45, 2.75) is 24.6 Å². The van der Waals surface area contributed by atoms with Gasteiger partial charge in [-0.3, -0.25) is 4.79 Å². The van der Waals surface area contributed by atoms with Crippen LogP contribution < -0.4 is 14.8 Å². The summed E-state index contributed by atoms with van der Waals surface area (Å²) in [4.78, 5) is 11.0. The number of hydrogen-bond acceptors (Lipinski definition) is 4. The lowest BCUT2D eigenvalue weighted by atomic mass is 10.3. The lowest BCUT2D eigenvalue weighted by molar-refractivity contribution is -0.274. The van der Waals surface area contributed by atoms with Gasteiger partial charge in [0.1, 0.15) is 5.75 Å². The molecule has 0 atom stereocenters. The van der Waals surface area contributed by atoms with E-state index in [1.807, 2.05) is 11.6 Å². The third kappa shape index (κ3) is 6.31. The summed E-state index contributed by atoms with van der Waals surface area (Å²) in [6.45, 7) is 1.81. The molecule has 1 aromatic carbocycles.